The van der Waals surface area contributed by atoms with Crippen molar-refractivity contribution in [2.75, 3.05) is 19.0 Å². The summed E-state index contributed by atoms with van der Waals surface area (Å²) in [6.07, 6.45) is 0. The zero-order chi connectivity index (χ0) is 20.0. The molecule has 146 valence electrons. The maximum absolute atomic E-state index is 12.6. The second-order valence-electron chi connectivity index (χ2n) is 5.58. The highest BCUT2D eigenvalue weighted by Crippen LogP contribution is 2.27. The van der Waals surface area contributed by atoms with Crippen LogP contribution in [0, 0.1) is 0 Å². The molecule has 2 rings (SSSR count). The van der Waals surface area contributed by atoms with Crippen molar-refractivity contribution >= 4 is 33.2 Å². The summed E-state index contributed by atoms with van der Waals surface area (Å²) in [5, 5.41) is 2.88. The molecule has 0 bridgehead atoms. The van der Waals surface area contributed by atoms with Gasteiger partial charge in [0.05, 0.1) is 19.8 Å². The van der Waals surface area contributed by atoms with Crippen LogP contribution >= 0.6 is 11.6 Å². The minimum absolute atomic E-state index is 0.131. The van der Waals surface area contributed by atoms with E-state index in [1.165, 1.54) is 32.2 Å². The van der Waals surface area contributed by atoms with Crippen LogP contribution < -0.4 is 19.5 Å². The third kappa shape index (κ3) is 5.59. The Morgan fingerprint density at radius 1 is 1.19 bits per heavy atom. The number of carbonyl (C=O) groups is 1. The smallest absolute Gasteiger partial charge is 0.245 e. The number of nitrogens with one attached hydrogen (secondary N) is 2. The lowest BCUT2D eigenvalue weighted by Gasteiger charge is -2.16. The molecule has 2 aromatic rings. The number of hydrogen-bond donors (Lipinski definition) is 2. The maximum atomic E-state index is 12.6. The Hall–Kier alpha value is -2.29. The van der Waals surface area contributed by atoms with Crippen LogP contribution in [-0.2, 0) is 14.8 Å². The molecule has 0 aliphatic rings. The predicted molar refractivity (Wildman–Crippen MR) is 104 cm³/mol. The number of halogens is 1. The van der Waals surface area contributed by atoms with E-state index in [9.17, 15) is 13.2 Å². The molecule has 2 N–H and O–H groups in total. The standard InChI is InChI=1S/C18H21ClN2O5S/c1-4-26-15-8-6-14(7-9-15)20-18(22)12(2)21-27(23,24)17-11-13(19)5-10-16(17)25-3/h5-12,21H,4H2,1-3H3,(H,20,22)/t12-/m1/s1. The van der Waals surface area contributed by atoms with Crippen molar-refractivity contribution in [2.24, 2.45) is 0 Å². The molecule has 0 aliphatic heterocycles. The van der Waals surface area contributed by atoms with Crippen LogP contribution in [-0.4, -0.2) is 34.1 Å². The number of hydrogen-bond acceptors (Lipinski definition) is 5. The van der Waals surface area contributed by atoms with Crippen LogP contribution in [0.2, 0.25) is 5.02 Å². The first kappa shape index (κ1) is 21.0. The summed E-state index contributed by atoms with van der Waals surface area (Å²) in [5.41, 5.74) is 0.523. The predicted octanol–water partition coefficient (Wildman–Crippen LogP) is 3.05. The van der Waals surface area contributed by atoms with Crippen molar-refractivity contribution in [1.29, 1.82) is 0 Å². The highest BCUT2D eigenvalue weighted by molar-refractivity contribution is 7.89. The van der Waals surface area contributed by atoms with Crippen molar-refractivity contribution in [1.82, 2.24) is 4.72 Å². The summed E-state index contributed by atoms with van der Waals surface area (Å²) in [4.78, 5) is 12.2. The molecular weight excluding hydrogens is 392 g/mol. The molecular formula is C18H21ClN2O5S. The van der Waals surface area contributed by atoms with E-state index in [4.69, 9.17) is 21.1 Å². The van der Waals surface area contributed by atoms with Gasteiger partial charge in [0.2, 0.25) is 15.9 Å². The zero-order valence-electron chi connectivity index (χ0n) is 15.2. The van der Waals surface area contributed by atoms with Crippen molar-refractivity contribution in [3.8, 4) is 11.5 Å². The molecule has 0 spiro atoms. The summed E-state index contributed by atoms with van der Waals surface area (Å²) in [7, 11) is -2.66. The first-order valence-corrected chi connectivity index (χ1v) is 10.0. The van der Waals surface area contributed by atoms with E-state index >= 15 is 0 Å². The second-order valence-corrected chi connectivity index (χ2v) is 7.70. The Labute approximate surface area is 163 Å². The third-order valence-electron chi connectivity index (χ3n) is 3.57. The number of benzene rings is 2. The van der Waals surface area contributed by atoms with Crippen LogP contribution in [0.15, 0.2) is 47.4 Å². The molecule has 27 heavy (non-hydrogen) atoms. The van der Waals surface area contributed by atoms with E-state index in [-0.39, 0.29) is 15.7 Å². The monoisotopic (exact) mass is 412 g/mol. The molecule has 0 saturated carbocycles. The highest BCUT2D eigenvalue weighted by atomic mass is 35.5. The van der Waals surface area contributed by atoms with Crippen LogP contribution in [0.1, 0.15) is 13.8 Å². The zero-order valence-corrected chi connectivity index (χ0v) is 16.7. The lowest BCUT2D eigenvalue weighted by atomic mass is 10.2. The number of anilines is 1. The SMILES string of the molecule is CCOc1ccc(NC(=O)[C@@H](C)NS(=O)(=O)c2cc(Cl)ccc2OC)cc1. The quantitative estimate of drug-likeness (QED) is 0.695. The summed E-state index contributed by atoms with van der Waals surface area (Å²) in [5.74, 6) is 0.298. The van der Waals surface area contributed by atoms with Gasteiger partial charge in [-0.05, 0) is 56.3 Å². The van der Waals surface area contributed by atoms with E-state index < -0.39 is 22.0 Å². The van der Waals surface area contributed by atoms with Crippen LogP contribution in [0.3, 0.4) is 0 Å². The first-order valence-electron chi connectivity index (χ1n) is 8.16. The Balaban J connectivity index is 2.10. The van der Waals surface area contributed by atoms with Gasteiger partial charge >= 0.3 is 0 Å². The van der Waals surface area contributed by atoms with Crippen molar-refractivity contribution in [3.63, 3.8) is 0 Å². The third-order valence-corrected chi connectivity index (χ3v) is 5.37. The Bertz CT molecular complexity index is 900. The lowest BCUT2D eigenvalue weighted by molar-refractivity contribution is -0.117. The van der Waals surface area contributed by atoms with Gasteiger partial charge in [-0.1, -0.05) is 11.6 Å². The molecule has 1 amide bonds. The Kier molecular flexibility index (Phi) is 7.06. The topological polar surface area (TPSA) is 93.7 Å². The molecule has 9 heteroatoms. The molecule has 0 fully saturated rings. The minimum atomic E-state index is -4.02. The normalized spacial score (nSPS) is 12.3. The number of sulfonamides is 1. The van der Waals surface area contributed by atoms with Gasteiger partial charge in [0.1, 0.15) is 16.4 Å². The molecule has 0 aliphatic carbocycles. The van der Waals surface area contributed by atoms with E-state index in [2.05, 4.69) is 10.0 Å². The molecule has 7 nitrogen and oxygen atoms in total. The molecule has 0 heterocycles. The van der Waals surface area contributed by atoms with Gasteiger partial charge in [-0.3, -0.25) is 4.79 Å². The van der Waals surface area contributed by atoms with E-state index in [1.54, 1.807) is 24.3 Å². The van der Waals surface area contributed by atoms with Crippen molar-refractivity contribution in [2.45, 2.75) is 24.8 Å². The maximum Gasteiger partial charge on any atom is 0.245 e. The van der Waals surface area contributed by atoms with Gasteiger partial charge in [0.25, 0.3) is 0 Å². The van der Waals surface area contributed by atoms with Crippen LogP contribution in [0.25, 0.3) is 0 Å². The van der Waals surface area contributed by atoms with Crippen LogP contribution in [0.5, 0.6) is 11.5 Å². The van der Waals surface area contributed by atoms with E-state index in [0.29, 0.717) is 18.0 Å². The highest BCUT2D eigenvalue weighted by Gasteiger charge is 2.25. The van der Waals surface area contributed by atoms with Crippen LogP contribution in [0.4, 0.5) is 5.69 Å². The van der Waals surface area contributed by atoms with Gasteiger partial charge in [0, 0.05) is 10.7 Å². The molecule has 0 saturated heterocycles. The first-order chi connectivity index (χ1) is 12.8. The van der Waals surface area contributed by atoms with Gasteiger partial charge < -0.3 is 14.8 Å². The van der Waals surface area contributed by atoms with E-state index in [1.807, 2.05) is 6.92 Å². The fourth-order valence-electron chi connectivity index (χ4n) is 2.26. The van der Waals surface area contributed by atoms with Crippen molar-refractivity contribution < 1.29 is 22.7 Å². The summed E-state index contributed by atoms with van der Waals surface area (Å²) >= 11 is 5.88. The Morgan fingerprint density at radius 3 is 2.44 bits per heavy atom. The average molecular weight is 413 g/mol. The van der Waals surface area contributed by atoms with Gasteiger partial charge in [-0.25, -0.2) is 8.42 Å². The van der Waals surface area contributed by atoms with Gasteiger partial charge in [-0.15, -0.1) is 0 Å². The number of carbonyl (C=O) groups excluding carboxylic acids is 1. The van der Waals surface area contributed by atoms with Crippen molar-refractivity contribution in [3.05, 3.63) is 47.5 Å². The van der Waals surface area contributed by atoms with Gasteiger partial charge in [0.15, 0.2) is 0 Å². The number of amides is 1. The minimum Gasteiger partial charge on any atom is -0.495 e. The van der Waals surface area contributed by atoms with Gasteiger partial charge in [-0.2, -0.15) is 4.72 Å². The summed E-state index contributed by atoms with van der Waals surface area (Å²) < 4.78 is 37.9. The summed E-state index contributed by atoms with van der Waals surface area (Å²) in [6, 6.07) is 9.97. The Morgan fingerprint density at radius 2 is 1.85 bits per heavy atom. The lowest BCUT2D eigenvalue weighted by Crippen LogP contribution is -2.41. The molecule has 1 atom stereocenters. The number of ether oxygens (including phenoxy) is 2. The molecule has 2 aromatic carbocycles. The fraction of sp³-hybridized carbons (Fsp3) is 0.278. The summed E-state index contributed by atoms with van der Waals surface area (Å²) in [6.45, 7) is 3.86. The fourth-order valence-corrected chi connectivity index (χ4v) is 3.90. The molecule has 0 unspecified atom stereocenters. The average Bonchev–Trinajstić information content (AvgIpc) is 2.63. The largest absolute Gasteiger partial charge is 0.495 e. The molecule has 0 aromatic heterocycles. The number of rotatable bonds is 8. The van der Waals surface area contributed by atoms with E-state index in [0.717, 1.165) is 0 Å². The second kappa shape index (κ2) is 9.07. The number of methoxy groups -OCH3 is 1. The molecule has 0 radical (unpaired) electrons.